The largest absolute Gasteiger partial charge is 0.395 e. The van der Waals surface area contributed by atoms with Gasteiger partial charge in [-0.1, -0.05) is 6.07 Å². The summed E-state index contributed by atoms with van der Waals surface area (Å²) >= 11 is 0. The Morgan fingerprint density at radius 1 is 1.18 bits per heavy atom. The lowest BCUT2D eigenvalue weighted by Gasteiger charge is -2.35. The van der Waals surface area contributed by atoms with E-state index in [0.29, 0.717) is 6.04 Å². The van der Waals surface area contributed by atoms with Gasteiger partial charge in [0.25, 0.3) is 0 Å². The van der Waals surface area contributed by atoms with Gasteiger partial charge < -0.3 is 10.0 Å². The van der Waals surface area contributed by atoms with E-state index in [1.54, 1.807) is 6.33 Å². The molecule has 1 saturated heterocycles. The zero-order chi connectivity index (χ0) is 19.3. The lowest BCUT2D eigenvalue weighted by atomic mass is 9.91. The maximum absolute atomic E-state index is 9.11. The van der Waals surface area contributed by atoms with Gasteiger partial charge in [-0.15, -0.1) is 0 Å². The summed E-state index contributed by atoms with van der Waals surface area (Å²) in [5, 5.41) is 9.11. The number of hydrogen-bond donors (Lipinski definition) is 1. The molecule has 1 aliphatic heterocycles. The molecule has 1 N–H and O–H groups in total. The smallest absolute Gasteiger partial charge is 0.132 e. The van der Waals surface area contributed by atoms with Crippen molar-refractivity contribution in [2.24, 2.45) is 0 Å². The second-order valence-electron chi connectivity index (χ2n) is 7.79. The molecule has 0 radical (unpaired) electrons. The van der Waals surface area contributed by atoms with E-state index < -0.39 is 0 Å². The minimum Gasteiger partial charge on any atom is -0.395 e. The van der Waals surface area contributed by atoms with E-state index in [9.17, 15) is 0 Å². The highest BCUT2D eigenvalue weighted by molar-refractivity contribution is 5.39. The number of anilines is 1. The molecule has 2 aromatic heterocycles. The van der Waals surface area contributed by atoms with Crippen molar-refractivity contribution in [1.29, 1.82) is 0 Å². The Labute approximate surface area is 167 Å². The first kappa shape index (κ1) is 19.2. The molecule has 28 heavy (non-hydrogen) atoms. The molecule has 3 heterocycles. The van der Waals surface area contributed by atoms with Crippen molar-refractivity contribution in [1.82, 2.24) is 24.8 Å². The highest BCUT2D eigenvalue weighted by atomic mass is 16.3. The van der Waals surface area contributed by atoms with Crippen LogP contribution in [-0.4, -0.2) is 76.2 Å². The maximum atomic E-state index is 9.11. The number of pyridine rings is 1. The Morgan fingerprint density at radius 2 is 2.04 bits per heavy atom. The Balaban J connectivity index is 1.42. The van der Waals surface area contributed by atoms with Crippen LogP contribution in [0.25, 0.3) is 0 Å². The number of aromatic nitrogens is 3. The van der Waals surface area contributed by atoms with Gasteiger partial charge in [0.1, 0.15) is 12.1 Å². The molecule has 7 nitrogen and oxygen atoms in total. The first-order valence-electron chi connectivity index (χ1n) is 10.3. The molecule has 0 spiro atoms. The predicted octanol–water partition coefficient (Wildman–Crippen LogP) is 1.50. The summed E-state index contributed by atoms with van der Waals surface area (Å²) in [6, 6.07) is 6.73. The third-order valence-electron chi connectivity index (χ3n) is 5.93. The van der Waals surface area contributed by atoms with Crippen LogP contribution in [0.15, 0.2) is 30.7 Å². The standard InChI is InChI=1S/C21H30N6O/c1-25(19-6-2-4-17-5-3-7-22-21(17)19)15-18-14-20(24-16-23-18)27-10-8-26(9-11-27)12-13-28/h3,5,7,14,16,19,28H,2,4,6,8-13,15H2,1H3. The van der Waals surface area contributed by atoms with Gasteiger partial charge in [-0.05, 0) is 37.9 Å². The number of hydrogen-bond acceptors (Lipinski definition) is 7. The normalized spacial score (nSPS) is 20.4. The van der Waals surface area contributed by atoms with Gasteiger partial charge in [0, 0.05) is 51.5 Å². The van der Waals surface area contributed by atoms with E-state index in [1.165, 1.54) is 17.7 Å². The molecular weight excluding hydrogens is 352 g/mol. The Hall–Kier alpha value is -2.09. The summed E-state index contributed by atoms with van der Waals surface area (Å²) in [6.07, 6.45) is 7.08. The summed E-state index contributed by atoms with van der Waals surface area (Å²) in [5.74, 6) is 1.00. The molecule has 1 atom stereocenters. The summed E-state index contributed by atoms with van der Waals surface area (Å²) in [4.78, 5) is 20.7. The molecule has 150 valence electrons. The van der Waals surface area contributed by atoms with Crippen molar-refractivity contribution in [2.45, 2.75) is 31.8 Å². The van der Waals surface area contributed by atoms with Gasteiger partial charge >= 0.3 is 0 Å². The number of β-amino-alcohol motifs (C(OH)–C–C–N with tert-alkyl or cyclic N) is 1. The zero-order valence-corrected chi connectivity index (χ0v) is 16.7. The minimum absolute atomic E-state index is 0.225. The van der Waals surface area contributed by atoms with Gasteiger partial charge in [0.2, 0.25) is 0 Å². The van der Waals surface area contributed by atoms with Gasteiger partial charge in [0.05, 0.1) is 24.0 Å². The van der Waals surface area contributed by atoms with Crippen LogP contribution in [0.2, 0.25) is 0 Å². The summed E-state index contributed by atoms with van der Waals surface area (Å²) in [5.41, 5.74) is 3.66. The fourth-order valence-electron chi connectivity index (χ4n) is 4.37. The van der Waals surface area contributed by atoms with Gasteiger partial charge in [-0.25, -0.2) is 9.97 Å². The van der Waals surface area contributed by atoms with Crippen LogP contribution in [0, 0.1) is 0 Å². The van der Waals surface area contributed by atoms with Gasteiger partial charge in [-0.3, -0.25) is 14.8 Å². The Morgan fingerprint density at radius 3 is 2.86 bits per heavy atom. The van der Waals surface area contributed by atoms with E-state index in [0.717, 1.165) is 63.6 Å². The molecule has 0 amide bonds. The van der Waals surface area contributed by atoms with E-state index in [-0.39, 0.29) is 6.61 Å². The number of aliphatic hydroxyl groups excluding tert-OH is 1. The molecule has 7 heteroatoms. The Bertz CT molecular complexity index is 777. The molecule has 0 bridgehead atoms. The molecule has 4 rings (SSSR count). The van der Waals surface area contributed by atoms with Crippen LogP contribution in [0.5, 0.6) is 0 Å². The minimum atomic E-state index is 0.225. The maximum Gasteiger partial charge on any atom is 0.132 e. The van der Waals surface area contributed by atoms with Crippen molar-refractivity contribution in [3.05, 3.63) is 47.7 Å². The second kappa shape index (κ2) is 8.94. The monoisotopic (exact) mass is 382 g/mol. The van der Waals surface area contributed by atoms with E-state index in [4.69, 9.17) is 5.11 Å². The topological polar surface area (TPSA) is 68.6 Å². The van der Waals surface area contributed by atoms with Crippen LogP contribution >= 0.6 is 0 Å². The van der Waals surface area contributed by atoms with E-state index in [2.05, 4.69) is 48.8 Å². The number of nitrogens with zero attached hydrogens (tertiary/aromatic N) is 6. The number of aryl methyl sites for hydroxylation is 1. The lowest BCUT2D eigenvalue weighted by molar-refractivity contribution is 0.188. The highest BCUT2D eigenvalue weighted by Gasteiger charge is 2.25. The van der Waals surface area contributed by atoms with Crippen LogP contribution < -0.4 is 4.90 Å². The SMILES string of the molecule is CN(Cc1cc(N2CCN(CCO)CC2)ncn1)C1CCCc2cccnc21. The number of aliphatic hydroxyl groups is 1. The van der Waals surface area contributed by atoms with Crippen molar-refractivity contribution in [3.8, 4) is 0 Å². The van der Waals surface area contributed by atoms with E-state index in [1.807, 2.05) is 12.3 Å². The van der Waals surface area contributed by atoms with Crippen molar-refractivity contribution >= 4 is 5.82 Å². The fraction of sp³-hybridized carbons (Fsp3) is 0.571. The molecule has 2 aromatic rings. The van der Waals surface area contributed by atoms with Crippen LogP contribution in [0.3, 0.4) is 0 Å². The zero-order valence-electron chi connectivity index (χ0n) is 16.7. The van der Waals surface area contributed by atoms with Crippen molar-refractivity contribution in [3.63, 3.8) is 0 Å². The predicted molar refractivity (Wildman–Crippen MR) is 109 cm³/mol. The van der Waals surface area contributed by atoms with Crippen molar-refractivity contribution < 1.29 is 5.11 Å². The van der Waals surface area contributed by atoms with Crippen molar-refractivity contribution in [2.75, 3.05) is 51.3 Å². The summed E-state index contributed by atoms with van der Waals surface area (Å²) in [7, 11) is 2.17. The summed E-state index contributed by atoms with van der Waals surface area (Å²) < 4.78 is 0. The third-order valence-corrected chi connectivity index (χ3v) is 5.93. The number of fused-ring (bicyclic) bond motifs is 1. The van der Waals surface area contributed by atoms with Gasteiger partial charge in [-0.2, -0.15) is 0 Å². The first-order chi connectivity index (χ1) is 13.7. The third kappa shape index (κ3) is 4.32. The van der Waals surface area contributed by atoms with Crippen LogP contribution in [-0.2, 0) is 13.0 Å². The molecule has 0 saturated carbocycles. The fourth-order valence-corrected chi connectivity index (χ4v) is 4.37. The first-order valence-corrected chi connectivity index (χ1v) is 10.3. The molecule has 1 aliphatic carbocycles. The lowest BCUT2D eigenvalue weighted by Crippen LogP contribution is -2.47. The highest BCUT2D eigenvalue weighted by Crippen LogP contribution is 2.32. The van der Waals surface area contributed by atoms with Crippen LogP contribution in [0.4, 0.5) is 5.82 Å². The van der Waals surface area contributed by atoms with Gasteiger partial charge in [0.15, 0.2) is 0 Å². The average molecular weight is 383 g/mol. The molecule has 0 aromatic carbocycles. The molecule has 1 unspecified atom stereocenters. The molecule has 1 fully saturated rings. The van der Waals surface area contributed by atoms with E-state index >= 15 is 0 Å². The average Bonchev–Trinajstić information content (AvgIpc) is 2.74. The molecule has 2 aliphatic rings. The molecular formula is C21H30N6O. The quantitative estimate of drug-likeness (QED) is 0.812. The van der Waals surface area contributed by atoms with Crippen LogP contribution in [0.1, 0.15) is 35.8 Å². The summed E-state index contributed by atoms with van der Waals surface area (Å²) in [6.45, 7) is 5.57. The number of piperazine rings is 1. The Kier molecular flexibility index (Phi) is 6.14. The number of rotatable bonds is 6. The second-order valence-corrected chi connectivity index (χ2v) is 7.79.